The summed E-state index contributed by atoms with van der Waals surface area (Å²) in [6.45, 7) is 15.0. The number of hydrogen-bond acceptors (Lipinski definition) is 18. The minimum absolute atomic E-state index is 0.0828. The summed E-state index contributed by atoms with van der Waals surface area (Å²) in [6, 6.07) is 0. The van der Waals surface area contributed by atoms with Crippen LogP contribution in [0.3, 0.4) is 0 Å². The lowest BCUT2D eigenvalue weighted by Gasteiger charge is -2.72. The van der Waals surface area contributed by atoms with Gasteiger partial charge in [0.1, 0.15) is 67.1 Å². The van der Waals surface area contributed by atoms with Crippen LogP contribution in [-0.2, 0) is 28.4 Å². The molecule has 0 aromatic heterocycles. The second-order valence-corrected chi connectivity index (χ2v) is 22.6. The van der Waals surface area contributed by atoms with Crippen LogP contribution in [0.5, 0.6) is 0 Å². The molecule has 0 radical (unpaired) electrons. The van der Waals surface area contributed by atoms with E-state index in [9.17, 15) is 61.3 Å². The molecule has 7 aliphatic rings. The molecular formula is C47H80O18. The lowest BCUT2D eigenvalue weighted by molar-refractivity contribution is -0.377. The highest BCUT2D eigenvalue weighted by Gasteiger charge is 2.74. The van der Waals surface area contributed by atoms with E-state index in [2.05, 4.69) is 26.8 Å². The van der Waals surface area contributed by atoms with Gasteiger partial charge in [-0.25, -0.2) is 0 Å². The summed E-state index contributed by atoms with van der Waals surface area (Å²) in [5.41, 5.74) is -2.41. The van der Waals surface area contributed by atoms with Gasteiger partial charge in [0.2, 0.25) is 0 Å². The topological polar surface area (TPSA) is 298 Å². The summed E-state index contributed by atoms with van der Waals surface area (Å²) in [5.74, 6) is -1.11. The first-order valence-corrected chi connectivity index (χ1v) is 23.9. The average molecular weight is 933 g/mol. The van der Waals surface area contributed by atoms with Gasteiger partial charge >= 0.3 is 0 Å². The molecule has 376 valence electrons. The summed E-state index contributed by atoms with van der Waals surface area (Å²) >= 11 is 0. The number of aliphatic hydroxyl groups excluding tert-OH is 12. The van der Waals surface area contributed by atoms with Crippen molar-refractivity contribution in [2.45, 2.75) is 217 Å². The lowest BCUT2D eigenvalue weighted by atomic mass is 9.34. The fourth-order valence-corrected chi connectivity index (χ4v) is 14.6. The smallest absolute Gasteiger partial charge is 0.187 e. The van der Waals surface area contributed by atoms with Crippen LogP contribution < -0.4 is 0 Å². The van der Waals surface area contributed by atoms with Crippen LogP contribution in [0.15, 0.2) is 11.6 Å². The van der Waals surface area contributed by atoms with E-state index >= 15 is 0 Å². The van der Waals surface area contributed by atoms with Gasteiger partial charge < -0.3 is 89.7 Å². The zero-order valence-electron chi connectivity index (χ0n) is 39.3. The molecule has 3 aliphatic heterocycles. The van der Waals surface area contributed by atoms with E-state index in [1.54, 1.807) is 0 Å². The fraction of sp³-hybridized carbons (Fsp3) is 0.957. The van der Waals surface area contributed by atoms with E-state index < -0.39 is 145 Å². The van der Waals surface area contributed by atoms with Crippen LogP contribution >= 0.6 is 0 Å². The molecule has 3 heterocycles. The zero-order valence-corrected chi connectivity index (χ0v) is 39.3. The van der Waals surface area contributed by atoms with Crippen molar-refractivity contribution in [3.63, 3.8) is 0 Å². The van der Waals surface area contributed by atoms with Crippen LogP contribution in [0.2, 0.25) is 0 Å². The van der Waals surface area contributed by atoms with E-state index in [-0.39, 0.29) is 30.3 Å². The van der Waals surface area contributed by atoms with Gasteiger partial charge in [0.15, 0.2) is 18.9 Å². The molecule has 0 aromatic carbocycles. The predicted molar refractivity (Wildman–Crippen MR) is 229 cm³/mol. The zero-order chi connectivity index (χ0) is 47.9. The van der Waals surface area contributed by atoms with Gasteiger partial charge in [0.05, 0.1) is 43.7 Å². The first-order valence-electron chi connectivity index (χ1n) is 23.9. The van der Waals surface area contributed by atoms with Crippen LogP contribution in [0.25, 0.3) is 0 Å². The quantitative estimate of drug-likeness (QED) is 0.0874. The third kappa shape index (κ3) is 8.72. The van der Waals surface area contributed by atoms with Crippen molar-refractivity contribution in [3.05, 3.63) is 11.6 Å². The van der Waals surface area contributed by atoms with Crippen molar-refractivity contribution < 1.29 is 89.7 Å². The van der Waals surface area contributed by atoms with Crippen molar-refractivity contribution in [1.82, 2.24) is 0 Å². The van der Waals surface area contributed by atoms with Gasteiger partial charge in [-0.05, 0) is 117 Å². The second kappa shape index (κ2) is 19.0. The van der Waals surface area contributed by atoms with Crippen LogP contribution in [-0.4, -0.2) is 191 Å². The minimum atomic E-state index is -1.73. The summed E-state index contributed by atoms with van der Waals surface area (Å²) in [4.78, 5) is 0. The van der Waals surface area contributed by atoms with E-state index in [1.165, 1.54) is 0 Å². The van der Waals surface area contributed by atoms with E-state index in [1.807, 2.05) is 34.6 Å². The Morgan fingerprint density at radius 1 is 0.692 bits per heavy atom. The molecule has 0 amide bonds. The van der Waals surface area contributed by atoms with Gasteiger partial charge in [-0.2, -0.15) is 0 Å². The number of aliphatic hydroxyl groups is 12. The van der Waals surface area contributed by atoms with Gasteiger partial charge in [0, 0.05) is 0 Å². The summed E-state index contributed by atoms with van der Waals surface area (Å²) in [5, 5.41) is 131. The Hall–Kier alpha value is -0.980. The monoisotopic (exact) mass is 933 g/mol. The predicted octanol–water partition coefficient (Wildman–Crippen LogP) is -0.417. The molecule has 2 unspecified atom stereocenters. The molecule has 18 heteroatoms. The third-order valence-corrected chi connectivity index (χ3v) is 18.3. The molecule has 65 heavy (non-hydrogen) atoms. The van der Waals surface area contributed by atoms with Crippen LogP contribution in [0.4, 0.5) is 0 Å². The Labute approximate surface area is 382 Å². The maximum atomic E-state index is 12.7. The number of rotatable bonds is 12. The van der Waals surface area contributed by atoms with Crippen LogP contribution in [0, 0.1) is 45.3 Å². The Morgan fingerprint density at radius 3 is 1.94 bits per heavy atom. The molecule has 18 nitrogen and oxygen atoms in total. The number of allylic oxidation sites excluding steroid dienone is 2. The number of ether oxygens (including phenoxy) is 6. The molecule has 4 saturated carbocycles. The van der Waals surface area contributed by atoms with Crippen molar-refractivity contribution >= 4 is 0 Å². The van der Waals surface area contributed by atoms with E-state index in [0.29, 0.717) is 51.4 Å². The fourth-order valence-electron chi connectivity index (χ4n) is 14.6. The largest absolute Gasteiger partial charge is 0.394 e. The van der Waals surface area contributed by atoms with E-state index in [0.717, 1.165) is 5.57 Å². The van der Waals surface area contributed by atoms with Gasteiger partial charge in [-0.1, -0.05) is 46.3 Å². The summed E-state index contributed by atoms with van der Waals surface area (Å²) in [6.07, 6.45) is -17.2. The highest BCUT2D eigenvalue weighted by atomic mass is 16.8. The molecule has 3 saturated heterocycles. The van der Waals surface area contributed by atoms with Crippen molar-refractivity contribution in [1.29, 1.82) is 0 Å². The highest BCUT2D eigenvalue weighted by Crippen LogP contribution is 2.76. The number of hydrogen-bond donors (Lipinski definition) is 12. The second-order valence-electron chi connectivity index (χ2n) is 22.6. The minimum Gasteiger partial charge on any atom is -0.394 e. The normalized spacial score (nSPS) is 53.0. The molecule has 7 fully saturated rings. The van der Waals surface area contributed by atoms with Gasteiger partial charge in [0.25, 0.3) is 0 Å². The Bertz CT molecular complexity index is 1660. The van der Waals surface area contributed by atoms with Crippen molar-refractivity contribution in [2.24, 2.45) is 45.3 Å². The molecule has 4 aliphatic carbocycles. The average Bonchev–Trinajstić information content (AvgIpc) is 3.63. The molecule has 12 N–H and O–H groups in total. The Kier molecular flexibility index (Phi) is 15.1. The maximum Gasteiger partial charge on any atom is 0.187 e. The molecule has 0 spiro atoms. The SMILES string of the molecule is CC(C)=CCC[C@@](C)(O[C@@H]1O[C@H](CO)[C@@H](O)[C@H](O)[C@H]1O)[C@H]1CC[C@]2(C)C1[C@H](O)C[C@@H]1[C@@]3(C)CC[C@H](O)C(C)(C)[C@@H]3[C@@H](OC3O[C@H](CO)[C@@H](O)[C@H](O)[C@H]3O[C@@H]3OC[C@@H](O)[C@H](O)[C@H]3O)C[C@]12C. The lowest BCUT2D eigenvalue weighted by Crippen LogP contribution is -2.71. The molecule has 25 atom stereocenters. The van der Waals surface area contributed by atoms with Gasteiger partial charge in [-0.3, -0.25) is 0 Å². The standard InChI is InChI=1S/C47H80O18/c1-21(2)10-9-13-47(8,65-41-37(59)34(56)32(54)26(18-48)62-41)22-11-15-45(6)30(22)23(50)16-28-44(5)14-12-29(52)43(3,4)39(44)25(17-46(28,45)7)61-42-38(35(57)33(55)27(19-49)63-42)64-40-36(58)31(53)24(51)20-60-40/h10,22-42,48-59H,9,11-20H2,1-8H3/t22-,23+,24+,25-,26+,27+,28+,29-,30?,31-,32+,33+,34-,35-,36+,37+,38+,39-,40-,41-,42?,44+,45+,46+,47+/m0/s1. The Morgan fingerprint density at radius 2 is 1.31 bits per heavy atom. The van der Waals surface area contributed by atoms with Crippen LogP contribution in [0.1, 0.15) is 107 Å². The number of fused-ring (bicyclic) bond motifs is 5. The molecule has 7 rings (SSSR count). The Balaban J connectivity index is 1.27. The van der Waals surface area contributed by atoms with Crippen molar-refractivity contribution in [3.8, 4) is 0 Å². The molecule has 0 aromatic rings. The first-order chi connectivity index (χ1) is 30.3. The first kappa shape index (κ1) is 51.9. The van der Waals surface area contributed by atoms with Crippen molar-refractivity contribution in [2.75, 3.05) is 19.8 Å². The summed E-state index contributed by atoms with van der Waals surface area (Å²) < 4.78 is 37.7. The summed E-state index contributed by atoms with van der Waals surface area (Å²) in [7, 11) is 0. The van der Waals surface area contributed by atoms with Gasteiger partial charge in [-0.15, -0.1) is 0 Å². The highest BCUT2D eigenvalue weighted by molar-refractivity contribution is 5.22. The molecular weight excluding hydrogens is 852 g/mol. The third-order valence-electron chi connectivity index (χ3n) is 18.3. The molecule has 0 bridgehead atoms. The van der Waals surface area contributed by atoms with E-state index in [4.69, 9.17) is 28.4 Å². The maximum absolute atomic E-state index is 12.7.